The highest BCUT2D eigenvalue weighted by atomic mass is 16.4. The van der Waals surface area contributed by atoms with Gasteiger partial charge in [-0.2, -0.15) is 0 Å². The fraction of sp³-hybridized carbons (Fsp3) is 0.385. The quantitative estimate of drug-likeness (QED) is 0.872. The molecule has 0 saturated carbocycles. The lowest BCUT2D eigenvalue weighted by Gasteiger charge is -2.12. The number of H-pyrrole nitrogens is 1. The zero-order valence-corrected chi connectivity index (χ0v) is 10.4. The molecule has 0 fully saturated rings. The molecule has 5 heteroatoms. The lowest BCUT2D eigenvalue weighted by atomic mass is 10.1. The second kappa shape index (κ2) is 4.68. The van der Waals surface area contributed by atoms with E-state index in [4.69, 9.17) is 5.11 Å². The Morgan fingerprint density at radius 1 is 1.50 bits per heavy atom. The molecular weight excluding hydrogens is 232 g/mol. The van der Waals surface area contributed by atoms with Gasteiger partial charge >= 0.3 is 11.7 Å². The Bertz CT molecular complexity index is 639. The topological polar surface area (TPSA) is 75.1 Å². The molecule has 2 N–H and O–H groups in total. The third-order valence-corrected chi connectivity index (χ3v) is 3.11. The highest BCUT2D eigenvalue weighted by molar-refractivity contribution is 5.92. The van der Waals surface area contributed by atoms with Gasteiger partial charge in [0, 0.05) is 6.04 Å². The molecule has 2 aromatic rings. The number of benzene rings is 1. The summed E-state index contributed by atoms with van der Waals surface area (Å²) in [7, 11) is 0. The summed E-state index contributed by atoms with van der Waals surface area (Å²) < 4.78 is 1.68. The summed E-state index contributed by atoms with van der Waals surface area (Å²) >= 11 is 0. The summed E-state index contributed by atoms with van der Waals surface area (Å²) in [5, 5.41) is 8.91. The number of nitrogens with zero attached hydrogens (tertiary/aromatic N) is 1. The molecule has 5 nitrogen and oxygen atoms in total. The summed E-state index contributed by atoms with van der Waals surface area (Å²) in [6.45, 7) is 4.06. The lowest BCUT2D eigenvalue weighted by Crippen LogP contribution is -2.20. The van der Waals surface area contributed by atoms with Crippen LogP contribution in [-0.2, 0) is 0 Å². The molecule has 0 bridgehead atoms. The maximum Gasteiger partial charge on any atom is 0.335 e. The van der Waals surface area contributed by atoms with Crippen molar-refractivity contribution >= 4 is 17.0 Å². The van der Waals surface area contributed by atoms with E-state index in [1.165, 1.54) is 12.1 Å². The molecule has 1 heterocycles. The number of hydrogen-bond donors (Lipinski definition) is 2. The predicted octanol–water partition coefficient (Wildman–Crippen LogP) is 2.39. The Hall–Kier alpha value is -2.04. The predicted molar refractivity (Wildman–Crippen MR) is 69.1 cm³/mol. The van der Waals surface area contributed by atoms with E-state index in [1.54, 1.807) is 10.6 Å². The number of aromatic carboxylic acids is 1. The van der Waals surface area contributed by atoms with Crippen LogP contribution in [0.1, 0.15) is 43.1 Å². The van der Waals surface area contributed by atoms with Gasteiger partial charge in [-0.3, -0.25) is 4.57 Å². The number of carboxylic acid groups (broad SMARTS) is 1. The SMILES string of the molecule is CCCC(C)n1c(=O)[nH]c2cc(C(=O)O)ccc21. The van der Waals surface area contributed by atoms with Crippen LogP contribution in [0, 0.1) is 0 Å². The fourth-order valence-corrected chi connectivity index (χ4v) is 2.25. The molecule has 0 aliphatic carbocycles. The van der Waals surface area contributed by atoms with Crippen molar-refractivity contribution in [1.82, 2.24) is 9.55 Å². The number of imidazole rings is 1. The highest BCUT2D eigenvalue weighted by Gasteiger charge is 2.13. The molecule has 0 spiro atoms. The first-order valence-electron chi connectivity index (χ1n) is 6.02. The van der Waals surface area contributed by atoms with E-state index < -0.39 is 5.97 Å². The Morgan fingerprint density at radius 2 is 2.22 bits per heavy atom. The van der Waals surface area contributed by atoms with Gasteiger partial charge in [0.1, 0.15) is 0 Å². The second-order valence-corrected chi connectivity index (χ2v) is 4.47. The van der Waals surface area contributed by atoms with Crippen molar-refractivity contribution in [3.05, 3.63) is 34.2 Å². The number of fused-ring (bicyclic) bond motifs is 1. The van der Waals surface area contributed by atoms with Crippen LogP contribution < -0.4 is 5.69 Å². The summed E-state index contributed by atoms with van der Waals surface area (Å²) in [6.07, 6.45) is 1.90. The van der Waals surface area contributed by atoms with Crippen LogP contribution in [0.4, 0.5) is 0 Å². The number of rotatable bonds is 4. The van der Waals surface area contributed by atoms with Crippen LogP contribution in [0.25, 0.3) is 11.0 Å². The van der Waals surface area contributed by atoms with Crippen molar-refractivity contribution in [1.29, 1.82) is 0 Å². The van der Waals surface area contributed by atoms with E-state index in [1.807, 2.05) is 6.92 Å². The molecule has 0 radical (unpaired) electrons. The van der Waals surface area contributed by atoms with Gasteiger partial charge in [0.25, 0.3) is 0 Å². The number of nitrogens with one attached hydrogen (secondary N) is 1. The van der Waals surface area contributed by atoms with Crippen molar-refractivity contribution in [2.45, 2.75) is 32.7 Å². The van der Waals surface area contributed by atoms with Crippen LogP contribution >= 0.6 is 0 Å². The van der Waals surface area contributed by atoms with Gasteiger partial charge in [-0.25, -0.2) is 9.59 Å². The molecule has 2 rings (SSSR count). The second-order valence-electron chi connectivity index (χ2n) is 4.47. The van der Waals surface area contributed by atoms with E-state index in [0.717, 1.165) is 18.4 Å². The minimum Gasteiger partial charge on any atom is -0.478 e. The molecule has 1 aromatic heterocycles. The highest BCUT2D eigenvalue weighted by Crippen LogP contribution is 2.19. The third-order valence-electron chi connectivity index (χ3n) is 3.11. The summed E-state index contributed by atoms with van der Waals surface area (Å²) in [4.78, 5) is 25.5. The molecule has 0 aliphatic heterocycles. The summed E-state index contributed by atoms with van der Waals surface area (Å²) in [6, 6.07) is 4.80. The standard InChI is InChI=1S/C13H16N2O3/c1-3-4-8(2)15-11-6-5-9(12(16)17)7-10(11)14-13(15)18/h5-8H,3-4H2,1-2H3,(H,14,18)(H,16,17). The monoisotopic (exact) mass is 248 g/mol. The van der Waals surface area contributed by atoms with Crippen molar-refractivity contribution in [3.63, 3.8) is 0 Å². The molecule has 0 amide bonds. The largest absolute Gasteiger partial charge is 0.478 e. The molecule has 1 atom stereocenters. The average Bonchev–Trinajstić information content (AvgIpc) is 2.63. The van der Waals surface area contributed by atoms with Gasteiger partial charge in [-0.1, -0.05) is 13.3 Å². The van der Waals surface area contributed by atoms with Crippen molar-refractivity contribution in [2.24, 2.45) is 0 Å². The average molecular weight is 248 g/mol. The summed E-state index contributed by atoms with van der Waals surface area (Å²) in [5.41, 5.74) is 1.32. The molecule has 1 unspecified atom stereocenters. The minimum atomic E-state index is -0.993. The van der Waals surface area contributed by atoms with Crippen molar-refractivity contribution < 1.29 is 9.90 Å². The maximum atomic E-state index is 11.9. The Balaban J connectivity index is 2.59. The van der Waals surface area contributed by atoms with Gasteiger partial charge in [0.15, 0.2) is 0 Å². The number of carbonyl (C=O) groups is 1. The first-order chi connectivity index (χ1) is 8.54. The Kier molecular flexibility index (Phi) is 3.23. The fourth-order valence-electron chi connectivity index (χ4n) is 2.25. The molecule has 0 aliphatic rings. The molecule has 1 aromatic carbocycles. The van der Waals surface area contributed by atoms with Crippen LogP contribution in [-0.4, -0.2) is 20.6 Å². The first-order valence-corrected chi connectivity index (χ1v) is 6.02. The molecule has 18 heavy (non-hydrogen) atoms. The Labute approximate surface area is 104 Å². The minimum absolute atomic E-state index is 0.104. The number of hydrogen-bond acceptors (Lipinski definition) is 2. The zero-order chi connectivity index (χ0) is 13.3. The van der Waals surface area contributed by atoms with Crippen molar-refractivity contribution in [2.75, 3.05) is 0 Å². The zero-order valence-electron chi connectivity index (χ0n) is 10.4. The van der Waals surface area contributed by atoms with Gasteiger partial charge in [0.2, 0.25) is 0 Å². The van der Waals surface area contributed by atoms with E-state index in [2.05, 4.69) is 11.9 Å². The maximum absolute atomic E-state index is 11.9. The van der Waals surface area contributed by atoms with Gasteiger partial charge in [-0.05, 0) is 31.5 Å². The smallest absolute Gasteiger partial charge is 0.335 e. The van der Waals surface area contributed by atoms with E-state index in [-0.39, 0.29) is 17.3 Å². The van der Waals surface area contributed by atoms with Crippen LogP contribution in [0.15, 0.2) is 23.0 Å². The molecule has 96 valence electrons. The van der Waals surface area contributed by atoms with Crippen LogP contribution in [0.3, 0.4) is 0 Å². The number of carboxylic acids is 1. The van der Waals surface area contributed by atoms with Gasteiger partial charge in [-0.15, -0.1) is 0 Å². The number of aromatic amines is 1. The number of aromatic nitrogens is 2. The molecule has 0 saturated heterocycles. The lowest BCUT2D eigenvalue weighted by molar-refractivity contribution is 0.0697. The van der Waals surface area contributed by atoms with Gasteiger partial charge in [0.05, 0.1) is 16.6 Å². The molecular formula is C13H16N2O3. The Morgan fingerprint density at radius 3 is 2.83 bits per heavy atom. The first kappa shape index (κ1) is 12.4. The van der Waals surface area contributed by atoms with E-state index in [0.29, 0.717) is 5.52 Å². The summed E-state index contributed by atoms with van der Waals surface area (Å²) in [5.74, 6) is -0.993. The van der Waals surface area contributed by atoms with Gasteiger partial charge < -0.3 is 10.1 Å². The van der Waals surface area contributed by atoms with Crippen molar-refractivity contribution in [3.8, 4) is 0 Å². The third kappa shape index (κ3) is 2.03. The van der Waals surface area contributed by atoms with E-state index >= 15 is 0 Å². The van der Waals surface area contributed by atoms with E-state index in [9.17, 15) is 9.59 Å². The van der Waals surface area contributed by atoms with Crippen LogP contribution in [0.2, 0.25) is 0 Å². The normalized spacial score (nSPS) is 12.8. The van der Waals surface area contributed by atoms with Crippen LogP contribution in [0.5, 0.6) is 0 Å².